The summed E-state index contributed by atoms with van der Waals surface area (Å²) in [5.74, 6) is 2.30. The van der Waals surface area contributed by atoms with Crippen LogP contribution in [-0.2, 0) is 17.6 Å². The van der Waals surface area contributed by atoms with E-state index in [0.29, 0.717) is 25.5 Å². The zero-order valence-corrected chi connectivity index (χ0v) is 19.4. The molecule has 0 aliphatic carbocycles. The molecule has 1 aromatic carbocycles. The van der Waals surface area contributed by atoms with E-state index in [0.717, 1.165) is 59.2 Å². The molecule has 1 aliphatic rings. The van der Waals surface area contributed by atoms with Gasteiger partial charge in [-0.1, -0.05) is 6.07 Å². The van der Waals surface area contributed by atoms with E-state index in [-0.39, 0.29) is 6.42 Å². The summed E-state index contributed by atoms with van der Waals surface area (Å²) in [6.07, 6.45) is 4.45. The first-order valence-electron chi connectivity index (χ1n) is 11.2. The molecule has 8 nitrogen and oxygen atoms in total. The maximum atomic E-state index is 11.0. The Labute approximate surface area is 193 Å². The van der Waals surface area contributed by atoms with Gasteiger partial charge in [-0.05, 0) is 44.0 Å². The van der Waals surface area contributed by atoms with Gasteiger partial charge in [0.05, 0.1) is 24.3 Å². The maximum Gasteiger partial charge on any atom is 0.305 e. The third-order valence-corrected chi connectivity index (χ3v) is 5.84. The minimum Gasteiger partial charge on any atom is -0.493 e. The second-order valence-corrected chi connectivity index (χ2v) is 8.41. The summed E-state index contributed by atoms with van der Waals surface area (Å²) in [6, 6.07) is 9.90. The Morgan fingerprint density at radius 1 is 1.27 bits per heavy atom. The minimum absolute atomic E-state index is 0.131. The van der Waals surface area contributed by atoms with Crippen molar-refractivity contribution in [3.63, 3.8) is 0 Å². The van der Waals surface area contributed by atoms with Gasteiger partial charge in [0.25, 0.3) is 0 Å². The van der Waals surface area contributed by atoms with Gasteiger partial charge >= 0.3 is 5.97 Å². The van der Waals surface area contributed by atoms with Gasteiger partial charge in [0.2, 0.25) is 5.89 Å². The highest BCUT2D eigenvalue weighted by molar-refractivity contribution is 5.68. The molecule has 4 rings (SSSR count). The van der Waals surface area contributed by atoms with Crippen LogP contribution in [0.25, 0.3) is 11.5 Å². The zero-order chi connectivity index (χ0) is 23.4. The van der Waals surface area contributed by atoms with E-state index >= 15 is 0 Å². The van der Waals surface area contributed by atoms with Gasteiger partial charge in [-0.2, -0.15) is 0 Å². The average molecular weight is 451 g/mol. The number of oxazole rings is 1. The Hall–Kier alpha value is -3.55. The molecule has 2 aromatic heterocycles. The number of rotatable bonds is 9. The topological polar surface area (TPSA) is 91.9 Å². The first-order valence-corrected chi connectivity index (χ1v) is 11.2. The predicted octanol–water partition coefficient (Wildman–Crippen LogP) is 3.96. The molecule has 1 aliphatic heterocycles. The van der Waals surface area contributed by atoms with Gasteiger partial charge in [-0.3, -0.25) is 4.79 Å². The normalized spacial score (nSPS) is 13.0. The van der Waals surface area contributed by atoms with Crippen molar-refractivity contribution in [2.45, 2.75) is 32.6 Å². The number of nitrogens with zero attached hydrogens (tertiary/aromatic N) is 4. The zero-order valence-electron chi connectivity index (χ0n) is 19.4. The number of aliphatic carboxylic acids is 1. The van der Waals surface area contributed by atoms with Crippen LogP contribution in [0.3, 0.4) is 0 Å². The number of hydrogen-bond acceptors (Lipinski definition) is 7. The van der Waals surface area contributed by atoms with E-state index in [2.05, 4.69) is 14.9 Å². The van der Waals surface area contributed by atoms with Gasteiger partial charge < -0.3 is 24.1 Å². The molecule has 8 heteroatoms. The van der Waals surface area contributed by atoms with Crippen LogP contribution in [0.5, 0.6) is 5.75 Å². The van der Waals surface area contributed by atoms with Crippen LogP contribution in [0, 0.1) is 6.92 Å². The Morgan fingerprint density at radius 2 is 2.12 bits per heavy atom. The van der Waals surface area contributed by atoms with Crippen molar-refractivity contribution in [3.8, 4) is 17.2 Å². The first kappa shape index (κ1) is 22.6. The van der Waals surface area contributed by atoms with Crippen molar-refractivity contribution in [3.05, 3.63) is 53.5 Å². The van der Waals surface area contributed by atoms with Crippen molar-refractivity contribution in [2.24, 2.45) is 0 Å². The molecule has 0 saturated heterocycles. The molecule has 1 N–H and O–H groups in total. The molecular formula is C25H30N4O4. The fraction of sp³-hybridized carbons (Fsp3) is 0.400. The van der Waals surface area contributed by atoms with Gasteiger partial charge in [-0.15, -0.1) is 0 Å². The number of fused-ring (bicyclic) bond motifs is 1. The van der Waals surface area contributed by atoms with Crippen molar-refractivity contribution < 1.29 is 19.1 Å². The van der Waals surface area contributed by atoms with E-state index < -0.39 is 5.97 Å². The largest absolute Gasteiger partial charge is 0.493 e. The van der Waals surface area contributed by atoms with Gasteiger partial charge in [-0.25, -0.2) is 9.97 Å². The number of carboxylic acids is 1. The molecule has 0 fully saturated rings. The number of hydrogen-bond donors (Lipinski definition) is 1. The summed E-state index contributed by atoms with van der Waals surface area (Å²) in [7, 11) is 3.90. The van der Waals surface area contributed by atoms with Crippen LogP contribution < -0.4 is 14.5 Å². The minimum atomic E-state index is -0.777. The second-order valence-electron chi connectivity index (χ2n) is 8.41. The lowest BCUT2D eigenvalue weighted by molar-refractivity contribution is -0.136. The second kappa shape index (κ2) is 9.94. The van der Waals surface area contributed by atoms with Crippen LogP contribution in [0.2, 0.25) is 0 Å². The maximum absolute atomic E-state index is 11.0. The lowest BCUT2D eigenvalue weighted by atomic mass is 10.0. The number of pyridine rings is 1. The van der Waals surface area contributed by atoms with Crippen LogP contribution in [0.15, 0.2) is 40.9 Å². The number of anilines is 2. The van der Waals surface area contributed by atoms with E-state index in [1.807, 2.05) is 56.3 Å². The van der Waals surface area contributed by atoms with Crippen molar-refractivity contribution in [1.29, 1.82) is 0 Å². The average Bonchev–Trinajstić information content (AvgIpc) is 3.18. The number of aromatic nitrogens is 2. The van der Waals surface area contributed by atoms with Gasteiger partial charge in [0, 0.05) is 51.1 Å². The van der Waals surface area contributed by atoms with Gasteiger partial charge in [0.15, 0.2) is 0 Å². The monoisotopic (exact) mass is 450 g/mol. The molecule has 0 spiro atoms. The summed E-state index contributed by atoms with van der Waals surface area (Å²) in [4.78, 5) is 24.2. The number of ether oxygens (including phenoxy) is 1. The Kier molecular flexibility index (Phi) is 6.82. The predicted molar refractivity (Wildman–Crippen MR) is 127 cm³/mol. The summed E-state index contributed by atoms with van der Waals surface area (Å²) in [5.41, 5.74) is 3.94. The standard InChI is InChI=1S/C25H30N4O4/c1-17-20(27-25(33-17)18-9-10-23(26-16-18)28(2)3)12-15-32-22-8-4-7-21-19(22)6-5-13-29(21)14-11-24(30)31/h4,7-10,16H,5-6,11-15H2,1-3H3,(H,30,31). The van der Waals surface area contributed by atoms with E-state index in [1.54, 1.807) is 6.20 Å². The highest BCUT2D eigenvalue weighted by atomic mass is 16.5. The molecule has 0 unspecified atom stereocenters. The molecule has 0 atom stereocenters. The highest BCUT2D eigenvalue weighted by Crippen LogP contribution is 2.34. The Balaban J connectivity index is 1.41. The molecule has 3 aromatic rings. The van der Waals surface area contributed by atoms with Crippen molar-refractivity contribution in [2.75, 3.05) is 43.6 Å². The Morgan fingerprint density at radius 3 is 2.85 bits per heavy atom. The molecule has 0 saturated carbocycles. The number of benzene rings is 1. The lowest BCUT2D eigenvalue weighted by Crippen LogP contribution is -2.31. The fourth-order valence-electron chi connectivity index (χ4n) is 4.09. The smallest absolute Gasteiger partial charge is 0.305 e. The third kappa shape index (κ3) is 5.27. The van der Waals surface area contributed by atoms with Gasteiger partial charge in [0.1, 0.15) is 17.3 Å². The molecule has 0 amide bonds. The summed E-state index contributed by atoms with van der Waals surface area (Å²) in [5, 5.41) is 9.03. The number of carboxylic acid groups (broad SMARTS) is 1. The van der Waals surface area contributed by atoms with E-state index in [9.17, 15) is 4.79 Å². The molecule has 174 valence electrons. The molecule has 0 bridgehead atoms. The SMILES string of the molecule is Cc1oc(-c2ccc(N(C)C)nc2)nc1CCOc1cccc2c1CCCN2CCC(=O)O. The highest BCUT2D eigenvalue weighted by Gasteiger charge is 2.21. The Bertz CT molecular complexity index is 1110. The summed E-state index contributed by atoms with van der Waals surface area (Å²) < 4.78 is 12.0. The molecule has 3 heterocycles. The van der Waals surface area contributed by atoms with Crippen molar-refractivity contribution >= 4 is 17.5 Å². The van der Waals surface area contributed by atoms with Crippen molar-refractivity contribution in [1.82, 2.24) is 9.97 Å². The first-order chi connectivity index (χ1) is 15.9. The van der Waals surface area contributed by atoms with Crippen LogP contribution in [0.1, 0.15) is 29.9 Å². The quantitative estimate of drug-likeness (QED) is 0.524. The lowest BCUT2D eigenvalue weighted by Gasteiger charge is -2.32. The molecule has 0 radical (unpaired) electrons. The fourth-order valence-corrected chi connectivity index (χ4v) is 4.09. The third-order valence-electron chi connectivity index (χ3n) is 5.84. The molecule has 33 heavy (non-hydrogen) atoms. The van der Waals surface area contributed by atoms with Crippen LogP contribution >= 0.6 is 0 Å². The summed E-state index contributed by atoms with van der Waals surface area (Å²) >= 11 is 0. The molecular weight excluding hydrogens is 420 g/mol. The number of aryl methyl sites for hydroxylation is 1. The summed E-state index contributed by atoms with van der Waals surface area (Å²) in [6.45, 7) is 3.78. The van der Waals surface area contributed by atoms with Crippen LogP contribution in [-0.4, -0.2) is 54.8 Å². The number of carbonyl (C=O) groups is 1. The van der Waals surface area contributed by atoms with E-state index in [4.69, 9.17) is 14.3 Å². The van der Waals surface area contributed by atoms with E-state index in [1.165, 1.54) is 0 Å². The van der Waals surface area contributed by atoms with Crippen LogP contribution in [0.4, 0.5) is 11.5 Å².